The molecule has 1 amide bonds. The molecule has 0 bridgehead atoms. The van der Waals surface area contributed by atoms with E-state index in [9.17, 15) is 24.8 Å². The molecule has 4 atom stereocenters. The number of H-pyrrole nitrogens is 1. The van der Waals surface area contributed by atoms with Gasteiger partial charge in [-0.05, 0) is 36.1 Å². The molecule has 10 nitrogen and oxygen atoms in total. The molecule has 0 fully saturated rings. The van der Waals surface area contributed by atoms with Crippen LogP contribution in [-0.2, 0) is 27.4 Å². The summed E-state index contributed by atoms with van der Waals surface area (Å²) in [6.45, 7) is 1.43. The summed E-state index contributed by atoms with van der Waals surface area (Å²) >= 11 is 0. The van der Waals surface area contributed by atoms with Gasteiger partial charge in [0.1, 0.15) is 6.61 Å². The van der Waals surface area contributed by atoms with Crippen LogP contribution in [0.1, 0.15) is 35.3 Å². The summed E-state index contributed by atoms with van der Waals surface area (Å²) in [5.74, 6) is -1.21. The summed E-state index contributed by atoms with van der Waals surface area (Å²) in [6, 6.07) is 20.6. The van der Waals surface area contributed by atoms with Crippen molar-refractivity contribution in [2.45, 2.75) is 44.2 Å². The van der Waals surface area contributed by atoms with E-state index in [2.05, 4.69) is 15.6 Å². The van der Waals surface area contributed by atoms with Crippen molar-refractivity contribution in [1.82, 2.24) is 15.6 Å². The number of fused-ring (bicyclic) bond motifs is 3. The van der Waals surface area contributed by atoms with Crippen LogP contribution in [0, 0.1) is 10.1 Å². The molecule has 0 saturated heterocycles. The van der Waals surface area contributed by atoms with E-state index in [1.807, 2.05) is 54.6 Å². The first-order valence-electron chi connectivity index (χ1n) is 12.6. The first-order valence-corrected chi connectivity index (χ1v) is 12.6. The van der Waals surface area contributed by atoms with Gasteiger partial charge >= 0.3 is 5.97 Å². The molecular formula is C29H28N4O6. The van der Waals surface area contributed by atoms with Crippen molar-refractivity contribution < 1.29 is 24.4 Å². The minimum atomic E-state index is -1.26. The number of nitrogens with one attached hydrogen (secondary N) is 3. The Balaban J connectivity index is 1.39. The molecule has 4 N–H and O–H groups in total. The van der Waals surface area contributed by atoms with E-state index in [0.717, 1.165) is 33.3 Å². The lowest BCUT2D eigenvalue weighted by atomic mass is 9.89. The second-order valence-corrected chi connectivity index (χ2v) is 9.59. The fraction of sp³-hybridized carbons (Fsp3) is 0.241. The Hall–Kier alpha value is -4.54. The van der Waals surface area contributed by atoms with Gasteiger partial charge in [-0.2, -0.15) is 0 Å². The third-order valence-corrected chi connectivity index (χ3v) is 6.92. The molecule has 1 aliphatic heterocycles. The zero-order chi connectivity index (χ0) is 27.5. The summed E-state index contributed by atoms with van der Waals surface area (Å²) in [4.78, 5) is 40.4. The van der Waals surface area contributed by atoms with Crippen LogP contribution in [-0.4, -0.2) is 45.1 Å². The first kappa shape index (κ1) is 26.1. The highest BCUT2D eigenvalue weighted by molar-refractivity contribution is 5.91. The lowest BCUT2D eigenvalue weighted by Gasteiger charge is -2.32. The van der Waals surface area contributed by atoms with Gasteiger partial charge in [0.15, 0.2) is 6.04 Å². The average molecular weight is 529 g/mol. The van der Waals surface area contributed by atoms with Crippen LogP contribution in [0.4, 0.5) is 5.69 Å². The quantitative estimate of drug-likeness (QED) is 0.156. The zero-order valence-electron chi connectivity index (χ0n) is 21.2. The van der Waals surface area contributed by atoms with E-state index in [-0.39, 0.29) is 12.3 Å². The Bertz CT molecular complexity index is 1500. The molecule has 200 valence electrons. The van der Waals surface area contributed by atoms with E-state index < -0.39 is 41.0 Å². The molecule has 1 unspecified atom stereocenters. The highest BCUT2D eigenvalue weighted by Gasteiger charge is 2.36. The highest BCUT2D eigenvalue weighted by atomic mass is 16.6. The summed E-state index contributed by atoms with van der Waals surface area (Å²) < 4.78 is 5.37. The minimum absolute atomic E-state index is 0.0152. The van der Waals surface area contributed by atoms with E-state index in [1.54, 1.807) is 12.1 Å². The number of aliphatic hydroxyl groups is 1. The SMILES string of the molecule is C[C@H](O)[C@H](NC(=O)C1Cc2c([nH]c3ccccc23)[C@@H](c2ccc([N+](=O)[O-])cc2)N1)C(=O)OCc1ccccc1. The molecule has 1 aliphatic rings. The number of nitro benzene ring substituents is 1. The van der Waals surface area contributed by atoms with Crippen molar-refractivity contribution in [2.24, 2.45) is 0 Å². The molecule has 2 heterocycles. The average Bonchev–Trinajstić information content (AvgIpc) is 3.33. The predicted molar refractivity (Wildman–Crippen MR) is 144 cm³/mol. The molecule has 3 aromatic carbocycles. The number of amides is 1. The van der Waals surface area contributed by atoms with Crippen LogP contribution in [0.3, 0.4) is 0 Å². The molecule has 10 heteroatoms. The van der Waals surface area contributed by atoms with Gasteiger partial charge < -0.3 is 20.1 Å². The lowest BCUT2D eigenvalue weighted by Crippen LogP contribution is -2.56. The monoisotopic (exact) mass is 528 g/mol. The number of benzene rings is 3. The number of rotatable bonds is 8. The number of hydrogen-bond acceptors (Lipinski definition) is 7. The van der Waals surface area contributed by atoms with Crippen LogP contribution in [0.5, 0.6) is 0 Å². The number of carbonyl (C=O) groups is 2. The van der Waals surface area contributed by atoms with E-state index >= 15 is 0 Å². The Morgan fingerprint density at radius 3 is 2.46 bits per heavy atom. The fourth-order valence-electron chi connectivity index (χ4n) is 4.90. The number of aromatic nitrogens is 1. The maximum Gasteiger partial charge on any atom is 0.331 e. The zero-order valence-corrected chi connectivity index (χ0v) is 21.2. The highest BCUT2D eigenvalue weighted by Crippen LogP contribution is 2.35. The lowest BCUT2D eigenvalue weighted by molar-refractivity contribution is -0.384. The molecule has 0 aliphatic carbocycles. The summed E-state index contributed by atoms with van der Waals surface area (Å²) in [5, 5.41) is 28.4. The number of nitrogens with zero attached hydrogens (tertiary/aromatic N) is 1. The first-order chi connectivity index (χ1) is 18.8. The van der Waals surface area contributed by atoms with Crippen molar-refractivity contribution >= 4 is 28.5 Å². The van der Waals surface area contributed by atoms with Crippen LogP contribution in [0.15, 0.2) is 78.9 Å². The second-order valence-electron chi connectivity index (χ2n) is 9.59. The summed E-state index contributed by atoms with van der Waals surface area (Å²) in [7, 11) is 0. The van der Waals surface area contributed by atoms with Gasteiger partial charge in [-0.3, -0.25) is 20.2 Å². The van der Waals surface area contributed by atoms with Gasteiger partial charge in [0.05, 0.1) is 23.1 Å². The molecule has 0 radical (unpaired) electrons. The molecule has 39 heavy (non-hydrogen) atoms. The maximum absolute atomic E-state index is 13.5. The standard InChI is InChI=1S/C29H28N4O6/c1-17(34)25(29(36)39-16-18-7-3-2-4-8-18)32-28(35)24-15-22-21-9-5-6-10-23(21)30-27(22)26(31-24)19-11-13-20(14-12-19)33(37)38/h2-14,17,24-26,30-31,34H,15-16H2,1H3,(H,32,35)/t17-,24?,25-,26+/m0/s1. The van der Waals surface area contributed by atoms with Crippen LogP contribution in [0.25, 0.3) is 10.9 Å². The van der Waals surface area contributed by atoms with Crippen molar-refractivity contribution in [3.63, 3.8) is 0 Å². The number of aliphatic hydroxyl groups excluding tert-OH is 1. The summed E-state index contributed by atoms with van der Waals surface area (Å²) in [6.07, 6.45) is -0.852. The number of carbonyl (C=O) groups excluding carboxylic acids is 2. The van der Waals surface area contributed by atoms with Gasteiger partial charge in [-0.15, -0.1) is 0 Å². The number of aromatic amines is 1. The van der Waals surface area contributed by atoms with Gasteiger partial charge in [0, 0.05) is 28.7 Å². The Morgan fingerprint density at radius 2 is 1.77 bits per heavy atom. The number of esters is 1. The van der Waals surface area contributed by atoms with Gasteiger partial charge in [0.2, 0.25) is 5.91 Å². The Kier molecular flexibility index (Phi) is 7.40. The number of nitro groups is 1. The molecular weight excluding hydrogens is 500 g/mol. The number of non-ortho nitro benzene ring substituents is 1. The Labute approximate surface area is 224 Å². The van der Waals surface area contributed by atoms with Crippen LogP contribution in [0.2, 0.25) is 0 Å². The summed E-state index contributed by atoms with van der Waals surface area (Å²) in [5.41, 5.74) is 4.20. The van der Waals surface area contributed by atoms with Crippen molar-refractivity contribution in [3.8, 4) is 0 Å². The predicted octanol–water partition coefficient (Wildman–Crippen LogP) is 3.29. The molecule has 0 spiro atoms. The third kappa shape index (κ3) is 5.52. The fourth-order valence-corrected chi connectivity index (χ4v) is 4.90. The van der Waals surface area contributed by atoms with Gasteiger partial charge in [-0.25, -0.2) is 4.79 Å². The van der Waals surface area contributed by atoms with Crippen molar-refractivity contribution in [2.75, 3.05) is 0 Å². The molecule has 0 saturated carbocycles. The largest absolute Gasteiger partial charge is 0.459 e. The second kappa shape index (κ2) is 11.1. The van der Waals surface area contributed by atoms with E-state index in [1.165, 1.54) is 19.1 Å². The Morgan fingerprint density at radius 1 is 1.08 bits per heavy atom. The van der Waals surface area contributed by atoms with Gasteiger partial charge in [-0.1, -0.05) is 60.7 Å². The van der Waals surface area contributed by atoms with Gasteiger partial charge in [0.25, 0.3) is 5.69 Å². The number of para-hydroxylation sites is 1. The molecule has 1 aromatic heterocycles. The maximum atomic E-state index is 13.5. The number of hydrogen-bond donors (Lipinski definition) is 4. The smallest absolute Gasteiger partial charge is 0.331 e. The normalized spacial score (nSPS) is 18.1. The third-order valence-electron chi connectivity index (χ3n) is 6.92. The van der Waals surface area contributed by atoms with Crippen LogP contribution >= 0.6 is 0 Å². The topological polar surface area (TPSA) is 147 Å². The van der Waals surface area contributed by atoms with Crippen LogP contribution < -0.4 is 10.6 Å². The number of ether oxygens (including phenoxy) is 1. The molecule has 4 aromatic rings. The van der Waals surface area contributed by atoms with E-state index in [4.69, 9.17) is 4.74 Å². The van der Waals surface area contributed by atoms with Crippen molar-refractivity contribution in [3.05, 3.63) is 111 Å². The minimum Gasteiger partial charge on any atom is -0.459 e. The van der Waals surface area contributed by atoms with Crippen molar-refractivity contribution in [1.29, 1.82) is 0 Å². The van der Waals surface area contributed by atoms with E-state index in [0.29, 0.717) is 6.42 Å². The molecule has 5 rings (SSSR count).